The highest BCUT2D eigenvalue weighted by atomic mass is 16.2. The van der Waals surface area contributed by atoms with Gasteiger partial charge in [0.15, 0.2) is 0 Å². The maximum Gasteiger partial charge on any atom is 0.272 e. The van der Waals surface area contributed by atoms with E-state index >= 15 is 0 Å². The standard InChI is InChI=1S/C21H26N4O/c1-14-7-6-10-24(13-14)21(26)18-12-20(23-16(3)22-18)25-15(2)11-17-8-4-5-9-19(17)25/h4-5,8-9,12,14-15H,6-7,10-11,13H2,1-3H3. The van der Waals surface area contributed by atoms with Gasteiger partial charge in [0, 0.05) is 30.9 Å². The van der Waals surface area contributed by atoms with Gasteiger partial charge < -0.3 is 9.80 Å². The van der Waals surface area contributed by atoms with Crippen LogP contribution in [0.25, 0.3) is 0 Å². The van der Waals surface area contributed by atoms with Crippen molar-refractivity contribution < 1.29 is 4.79 Å². The highest BCUT2D eigenvalue weighted by Gasteiger charge is 2.30. The Morgan fingerprint density at radius 2 is 2.00 bits per heavy atom. The summed E-state index contributed by atoms with van der Waals surface area (Å²) in [7, 11) is 0. The van der Waals surface area contributed by atoms with E-state index < -0.39 is 0 Å². The molecule has 2 atom stereocenters. The highest BCUT2D eigenvalue weighted by Crippen LogP contribution is 2.37. The molecule has 4 rings (SSSR count). The maximum absolute atomic E-state index is 13.0. The van der Waals surface area contributed by atoms with Gasteiger partial charge >= 0.3 is 0 Å². The molecule has 2 unspecified atom stereocenters. The molecule has 1 saturated heterocycles. The molecule has 0 N–H and O–H groups in total. The molecule has 136 valence electrons. The number of carbonyl (C=O) groups excluding carboxylic acids is 1. The average molecular weight is 350 g/mol. The molecular weight excluding hydrogens is 324 g/mol. The first-order valence-electron chi connectivity index (χ1n) is 9.55. The van der Waals surface area contributed by atoms with Gasteiger partial charge in [0.2, 0.25) is 0 Å². The van der Waals surface area contributed by atoms with E-state index in [1.807, 2.05) is 17.9 Å². The molecule has 2 aliphatic rings. The minimum atomic E-state index is 0.0310. The quantitative estimate of drug-likeness (QED) is 0.828. The number of hydrogen-bond acceptors (Lipinski definition) is 4. The molecule has 1 fully saturated rings. The van der Waals surface area contributed by atoms with Gasteiger partial charge in [0.25, 0.3) is 5.91 Å². The van der Waals surface area contributed by atoms with Crippen LogP contribution >= 0.6 is 0 Å². The summed E-state index contributed by atoms with van der Waals surface area (Å²) in [5.74, 6) is 2.06. The monoisotopic (exact) mass is 350 g/mol. The second kappa shape index (κ2) is 6.71. The number of likely N-dealkylation sites (tertiary alicyclic amines) is 1. The Labute approximate surface area is 155 Å². The Balaban J connectivity index is 1.68. The summed E-state index contributed by atoms with van der Waals surface area (Å²) in [6.07, 6.45) is 3.26. The summed E-state index contributed by atoms with van der Waals surface area (Å²) in [5, 5.41) is 0. The van der Waals surface area contributed by atoms with Crippen LogP contribution in [0, 0.1) is 12.8 Å². The number of rotatable bonds is 2. The maximum atomic E-state index is 13.0. The van der Waals surface area contributed by atoms with Gasteiger partial charge in [-0.3, -0.25) is 4.79 Å². The molecule has 0 bridgehead atoms. The fraction of sp³-hybridized carbons (Fsp3) is 0.476. The van der Waals surface area contributed by atoms with Crippen LogP contribution in [0.3, 0.4) is 0 Å². The third-order valence-electron chi connectivity index (χ3n) is 5.44. The Morgan fingerprint density at radius 3 is 2.81 bits per heavy atom. The Bertz CT molecular complexity index is 835. The number of anilines is 2. The van der Waals surface area contributed by atoms with E-state index in [0.717, 1.165) is 31.7 Å². The SMILES string of the molecule is Cc1nc(C(=O)N2CCCC(C)C2)cc(N2c3ccccc3CC2C)n1. The number of fused-ring (bicyclic) bond motifs is 1. The third-order valence-corrected chi connectivity index (χ3v) is 5.44. The first kappa shape index (κ1) is 17.0. The molecule has 1 aromatic carbocycles. The Hall–Kier alpha value is -2.43. The van der Waals surface area contributed by atoms with Crippen molar-refractivity contribution in [3.05, 3.63) is 47.4 Å². The van der Waals surface area contributed by atoms with E-state index in [-0.39, 0.29) is 5.91 Å². The van der Waals surface area contributed by atoms with E-state index in [0.29, 0.717) is 23.5 Å². The predicted molar refractivity (Wildman–Crippen MR) is 103 cm³/mol. The van der Waals surface area contributed by atoms with Crippen LogP contribution in [-0.4, -0.2) is 39.9 Å². The van der Waals surface area contributed by atoms with Crippen LogP contribution in [0.5, 0.6) is 0 Å². The van der Waals surface area contributed by atoms with Crippen LogP contribution in [0.2, 0.25) is 0 Å². The average Bonchev–Trinajstić information content (AvgIpc) is 2.96. The molecule has 5 nitrogen and oxygen atoms in total. The lowest BCUT2D eigenvalue weighted by Gasteiger charge is -2.31. The molecular formula is C21H26N4O. The van der Waals surface area contributed by atoms with Crippen LogP contribution in [0.15, 0.2) is 30.3 Å². The molecule has 0 radical (unpaired) electrons. The number of amides is 1. The fourth-order valence-electron chi connectivity index (χ4n) is 4.24. The largest absolute Gasteiger partial charge is 0.337 e. The van der Waals surface area contributed by atoms with Crippen molar-refractivity contribution in [3.63, 3.8) is 0 Å². The number of aryl methyl sites for hydroxylation is 1. The van der Waals surface area contributed by atoms with E-state index in [1.165, 1.54) is 17.7 Å². The Kier molecular flexibility index (Phi) is 4.39. The van der Waals surface area contributed by atoms with E-state index in [1.54, 1.807) is 0 Å². The molecule has 2 aromatic rings. The molecule has 0 saturated carbocycles. The van der Waals surface area contributed by atoms with Gasteiger partial charge in [0.1, 0.15) is 17.3 Å². The van der Waals surface area contributed by atoms with Crippen LogP contribution < -0.4 is 4.90 Å². The highest BCUT2D eigenvalue weighted by molar-refractivity contribution is 5.93. The number of aromatic nitrogens is 2. The van der Waals surface area contributed by atoms with Crippen molar-refractivity contribution in [2.75, 3.05) is 18.0 Å². The summed E-state index contributed by atoms with van der Waals surface area (Å²) >= 11 is 0. The number of nitrogens with zero attached hydrogens (tertiary/aromatic N) is 4. The van der Waals surface area contributed by atoms with Gasteiger partial charge in [-0.1, -0.05) is 25.1 Å². The van der Waals surface area contributed by atoms with Crippen molar-refractivity contribution in [1.82, 2.24) is 14.9 Å². The van der Waals surface area contributed by atoms with Gasteiger partial charge in [0.05, 0.1) is 0 Å². The van der Waals surface area contributed by atoms with Crippen LogP contribution in [-0.2, 0) is 6.42 Å². The summed E-state index contributed by atoms with van der Waals surface area (Å²) in [6.45, 7) is 7.92. The molecule has 1 aromatic heterocycles. The summed E-state index contributed by atoms with van der Waals surface area (Å²) in [6, 6.07) is 10.6. The predicted octanol–water partition coefficient (Wildman–Crippen LogP) is 3.74. The van der Waals surface area contributed by atoms with E-state index in [4.69, 9.17) is 0 Å². The molecule has 0 spiro atoms. The van der Waals surface area contributed by atoms with Gasteiger partial charge in [-0.05, 0) is 50.7 Å². The summed E-state index contributed by atoms with van der Waals surface area (Å²) in [4.78, 5) is 26.3. The topological polar surface area (TPSA) is 49.3 Å². The van der Waals surface area contributed by atoms with Crippen LogP contribution in [0.1, 0.15) is 48.6 Å². The van der Waals surface area contributed by atoms with E-state index in [2.05, 4.69) is 53.0 Å². The molecule has 0 aliphatic carbocycles. The first-order chi connectivity index (χ1) is 12.5. The second-order valence-corrected chi connectivity index (χ2v) is 7.71. The van der Waals surface area contributed by atoms with Crippen molar-refractivity contribution in [1.29, 1.82) is 0 Å². The number of hydrogen-bond donors (Lipinski definition) is 0. The third kappa shape index (κ3) is 3.06. The fourth-order valence-corrected chi connectivity index (χ4v) is 4.24. The number of para-hydroxylation sites is 1. The van der Waals surface area contributed by atoms with Crippen LogP contribution in [0.4, 0.5) is 11.5 Å². The van der Waals surface area contributed by atoms with Crippen molar-refractivity contribution in [2.24, 2.45) is 5.92 Å². The van der Waals surface area contributed by atoms with Gasteiger partial charge in [-0.25, -0.2) is 9.97 Å². The van der Waals surface area contributed by atoms with Gasteiger partial charge in [-0.2, -0.15) is 0 Å². The first-order valence-corrected chi connectivity index (χ1v) is 9.55. The lowest BCUT2D eigenvalue weighted by atomic mass is 10.00. The lowest BCUT2D eigenvalue weighted by Crippen LogP contribution is -2.39. The van der Waals surface area contributed by atoms with Crippen molar-refractivity contribution >= 4 is 17.4 Å². The van der Waals surface area contributed by atoms with Crippen molar-refractivity contribution in [3.8, 4) is 0 Å². The summed E-state index contributed by atoms with van der Waals surface area (Å²) in [5.41, 5.74) is 3.02. The van der Waals surface area contributed by atoms with E-state index in [9.17, 15) is 4.79 Å². The minimum absolute atomic E-state index is 0.0310. The Morgan fingerprint density at radius 1 is 1.19 bits per heavy atom. The molecule has 26 heavy (non-hydrogen) atoms. The number of benzene rings is 1. The zero-order chi connectivity index (χ0) is 18.3. The van der Waals surface area contributed by atoms with Crippen molar-refractivity contribution in [2.45, 2.75) is 46.1 Å². The normalized spacial score (nSPS) is 22.4. The summed E-state index contributed by atoms with van der Waals surface area (Å²) < 4.78 is 0. The lowest BCUT2D eigenvalue weighted by molar-refractivity contribution is 0.0676. The zero-order valence-corrected chi connectivity index (χ0v) is 15.8. The number of carbonyl (C=O) groups is 1. The molecule has 1 amide bonds. The minimum Gasteiger partial charge on any atom is -0.337 e. The molecule has 3 heterocycles. The number of piperidine rings is 1. The zero-order valence-electron chi connectivity index (χ0n) is 15.8. The molecule has 2 aliphatic heterocycles. The second-order valence-electron chi connectivity index (χ2n) is 7.71. The smallest absolute Gasteiger partial charge is 0.272 e. The van der Waals surface area contributed by atoms with Gasteiger partial charge in [-0.15, -0.1) is 0 Å². The molecule has 5 heteroatoms.